The molecule has 1 aromatic rings. The number of rotatable bonds is 2. The van der Waals surface area contributed by atoms with Crippen LogP contribution in [0.25, 0.3) is 0 Å². The smallest absolute Gasteiger partial charge is 0.272 e. The minimum atomic E-state index is -0.0920. The van der Waals surface area contributed by atoms with Crippen molar-refractivity contribution in [2.75, 3.05) is 20.2 Å². The largest absolute Gasteiger partial charge is 0.376 e. The summed E-state index contributed by atoms with van der Waals surface area (Å²) in [5.41, 5.74) is 6.49. The van der Waals surface area contributed by atoms with Crippen LogP contribution in [0.5, 0.6) is 0 Å². The monoisotopic (exact) mass is 273 g/mol. The first-order valence-electron chi connectivity index (χ1n) is 6.67. The molecule has 2 heterocycles. The third-order valence-corrected chi connectivity index (χ3v) is 3.47. The fourth-order valence-corrected chi connectivity index (χ4v) is 2.31. The molecule has 2 rings (SSSR count). The van der Waals surface area contributed by atoms with Crippen molar-refractivity contribution >= 4 is 5.91 Å². The van der Waals surface area contributed by atoms with Gasteiger partial charge in [0.2, 0.25) is 0 Å². The van der Waals surface area contributed by atoms with Crippen molar-refractivity contribution in [3.05, 3.63) is 29.6 Å². The van der Waals surface area contributed by atoms with Gasteiger partial charge in [-0.2, -0.15) is 0 Å². The molecule has 0 aliphatic carbocycles. The molecule has 20 heavy (non-hydrogen) atoms. The van der Waals surface area contributed by atoms with Gasteiger partial charge in [-0.1, -0.05) is 11.8 Å². The molecule has 0 bridgehead atoms. The number of carbonyl (C=O) groups excluding carboxylic acids is 1. The second kappa shape index (κ2) is 6.51. The second-order valence-electron chi connectivity index (χ2n) is 4.79. The standard InChI is InChI=1S/C15H19N3O2/c1-11-14(7-9-20-11)18(2)15(19)13-6-5-12(10-17-13)4-3-8-16/h5-6,10-11,14H,7-9,16H2,1-2H3. The van der Waals surface area contributed by atoms with Gasteiger partial charge in [0, 0.05) is 25.4 Å². The highest BCUT2D eigenvalue weighted by molar-refractivity contribution is 5.92. The van der Waals surface area contributed by atoms with Crippen LogP contribution in [0.3, 0.4) is 0 Å². The van der Waals surface area contributed by atoms with Crippen LogP contribution in [0.15, 0.2) is 18.3 Å². The molecule has 0 aromatic carbocycles. The van der Waals surface area contributed by atoms with Crippen LogP contribution >= 0.6 is 0 Å². The first-order valence-corrected chi connectivity index (χ1v) is 6.67. The van der Waals surface area contributed by atoms with Gasteiger partial charge in [0.15, 0.2) is 0 Å². The van der Waals surface area contributed by atoms with Crippen LogP contribution in [0, 0.1) is 11.8 Å². The highest BCUT2D eigenvalue weighted by Gasteiger charge is 2.31. The van der Waals surface area contributed by atoms with Crippen molar-refractivity contribution in [3.63, 3.8) is 0 Å². The lowest BCUT2D eigenvalue weighted by Gasteiger charge is -2.26. The van der Waals surface area contributed by atoms with Crippen LogP contribution in [-0.2, 0) is 4.74 Å². The maximum absolute atomic E-state index is 12.4. The van der Waals surface area contributed by atoms with Crippen molar-refractivity contribution in [2.24, 2.45) is 5.73 Å². The Labute approximate surface area is 119 Å². The summed E-state index contributed by atoms with van der Waals surface area (Å²) in [6, 6.07) is 3.59. The molecule has 0 spiro atoms. The number of hydrogen-bond acceptors (Lipinski definition) is 4. The van der Waals surface area contributed by atoms with E-state index in [2.05, 4.69) is 16.8 Å². The third-order valence-electron chi connectivity index (χ3n) is 3.47. The topological polar surface area (TPSA) is 68.5 Å². The van der Waals surface area contributed by atoms with E-state index in [9.17, 15) is 4.79 Å². The lowest BCUT2D eigenvalue weighted by Crippen LogP contribution is -2.41. The van der Waals surface area contributed by atoms with Gasteiger partial charge in [-0.25, -0.2) is 4.98 Å². The minimum Gasteiger partial charge on any atom is -0.376 e. The van der Waals surface area contributed by atoms with Gasteiger partial charge in [-0.05, 0) is 25.5 Å². The number of likely N-dealkylation sites (N-methyl/N-ethyl adjacent to an activating group) is 1. The number of carbonyl (C=O) groups is 1. The molecular weight excluding hydrogens is 254 g/mol. The Balaban J connectivity index is 2.08. The lowest BCUT2D eigenvalue weighted by atomic mass is 10.1. The summed E-state index contributed by atoms with van der Waals surface area (Å²) >= 11 is 0. The van der Waals surface area contributed by atoms with Crippen LogP contribution in [0.4, 0.5) is 0 Å². The SMILES string of the molecule is CC1OCCC1N(C)C(=O)c1ccc(C#CCN)cn1. The molecule has 106 valence electrons. The lowest BCUT2D eigenvalue weighted by molar-refractivity contribution is 0.0570. The van der Waals surface area contributed by atoms with Gasteiger partial charge in [-0.15, -0.1) is 0 Å². The number of amides is 1. The number of hydrogen-bond donors (Lipinski definition) is 1. The summed E-state index contributed by atoms with van der Waals surface area (Å²) in [6.45, 7) is 2.99. The molecule has 1 aliphatic rings. The Bertz CT molecular complexity index is 530. The number of pyridine rings is 1. The molecule has 0 radical (unpaired) electrons. The van der Waals surface area contributed by atoms with E-state index in [0.717, 1.165) is 12.0 Å². The first-order chi connectivity index (χ1) is 9.63. The zero-order valence-corrected chi connectivity index (χ0v) is 11.8. The van der Waals surface area contributed by atoms with Crippen LogP contribution in [-0.4, -0.2) is 48.1 Å². The molecule has 1 aliphatic heterocycles. The summed E-state index contributed by atoms with van der Waals surface area (Å²) < 4.78 is 5.49. The molecule has 1 amide bonds. The second-order valence-corrected chi connectivity index (χ2v) is 4.79. The highest BCUT2D eigenvalue weighted by atomic mass is 16.5. The van der Waals surface area contributed by atoms with E-state index in [1.807, 2.05) is 6.92 Å². The molecule has 0 saturated carbocycles. The number of nitrogens with two attached hydrogens (primary N) is 1. The van der Waals surface area contributed by atoms with E-state index in [1.165, 1.54) is 0 Å². The minimum absolute atomic E-state index is 0.0682. The van der Waals surface area contributed by atoms with Crippen LogP contribution in [0.2, 0.25) is 0 Å². The van der Waals surface area contributed by atoms with Crippen molar-refractivity contribution in [3.8, 4) is 11.8 Å². The maximum atomic E-state index is 12.4. The van der Waals surface area contributed by atoms with E-state index >= 15 is 0 Å². The number of aromatic nitrogens is 1. The maximum Gasteiger partial charge on any atom is 0.272 e. The highest BCUT2D eigenvalue weighted by Crippen LogP contribution is 2.19. The molecule has 2 N–H and O–H groups in total. The molecule has 1 aromatic heterocycles. The van der Waals surface area contributed by atoms with Gasteiger partial charge in [0.25, 0.3) is 5.91 Å². The Morgan fingerprint density at radius 2 is 2.40 bits per heavy atom. The summed E-state index contributed by atoms with van der Waals surface area (Å²) in [4.78, 5) is 18.2. The quantitative estimate of drug-likeness (QED) is 0.803. The average molecular weight is 273 g/mol. The van der Waals surface area contributed by atoms with Gasteiger partial charge < -0.3 is 15.4 Å². The summed E-state index contributed by atoms with van der Waals surface area (Å²) in [6.07, 6.45) is 2.53. The number of nitrogens with zero attached hydrogens (tertiary/aromatic N) is 2. The summed E-state index contributed by atoms with van der Waals surface area (Å²) in [5.74, 6) is 5.54. The third kappa shape index (κ3) is 3.16. The van der Waals surface area contributed by atoms with E-state index in [-0.39, 0.29) is 18.1 Å². The molecular formula is C15H19N3O2. The average Bonchev–Trinajstić information content (AvgIpc) is 2.90. The van der Waals surface area contributed by atoms with Crippen molar-refractivity contribution in [1.29, 1.82) is 0 Å². The van der Waals surface area contributed by atoms with Gasteiger partial charge >= 0.3 is 0 Å². The van der Waals surface area contributed by atoms with Crippen molar-refractivity contribution in [1.82, 2.24) is 9.88 Å². The van der Waals surface area contributed by atoms with Gasteiger partial charge in [-0.3, -0.25) is 4.79 Å². The first kappa shape index (κ1) is 14.5. The van der Waals surface area contributed by atoms with Crippen LogP contribution < -0.4 is 5.73 Å². The predicted octanol–water partition coefficient (Wildman–Crippen LogP) is 0.641. The Morgan fingerprint density at radius 1 is 1.60 bits per heavy atom. The van der Waals surface area contributed by atoms with E-state index < -0.39 is 0 Å². The Morgan fingerprint density at radius 3 is 2.95 bits per heavy atom. The molecule has 2 atom stereocenters. The zero-order chi connectivity index (χ0) is 14.5. The normalized spacial score (nSPS) is 21.1. The summed E-state index contributed by atoms with van der Waals surface area (Å²) in [5, 5.41) is 0. The van der Waals surface area contributed by atoms with E-state index in [1.54, 1.807) is 30.3 Å². The molecule has 5 nitrogen and oxygen atoms in total. The fraction of sp³-hybridized carbons (Fsp3) is 0.467. The molecule has 5 heteroatoms. The van der Waals surface area contributed by atoms with Gasteiger partial charge in [0.1, 0.15) is 5.69 Å². The molecule has 2 unspecified atom stereocenters. The number of ether oxygens (including phenoxy) is 1. The fourth-order valence-electron chi connectivity index (χ4n) is 2.31. The van der Waals surface area contributed by atoms with Crippen molar-refractivity contribution in [2.45, 2.75) is 25.5 Å². The summed E-state index contributed by atoms with van der Waals surface area (Å²) in [7, 11) is 1.79. The molecule has 1 fully saturated rings. The van der Waals surface area contributed by atoms with Gasteiger partial charge in [0.05, 0.1) is 18.7 Å². The zero-order valence-electron chi connectivity index (χ0n) is 11.8. The molecule has 1 saturated heterocycles. The van der Waals surface area contributed by atoms with E-state index in [0.29, 0.717) is 18.8 Å². The Hall–Kier alpha value is -1.90. The Kier molecular flexibility index (Phi) is 4.72. The predicted molar refractivity (Wildman–Crippen MR) is 76.1 cm³/mol. The van der Waals surface area contributed by atoms with E-state index in [4.69, 9.17) is 10.5 Å². The van der Waals surface area contributed by atoms with Crippen molar-refractivity contribution < 1.29 is 9.53 Å². The van der Waals surface area contributed by atoms with Crippen LogP contribution in [0.1, 0.15) is 29.4 Å².